The van der Waals surface area contributed by atoms with Crippen LogP contribution < -0.4 is 4.74 Å². The molecule has 0 spiro atoms. The van der Waals surface area contributed by atoms with E-state index in [0.29, 0.717) is 5.88 Å². The van der Waals surface area contributed by atoms with E-state index in [9.17, 15) is 0 Å². The molecule has 1 rings (SSSR count). The van der Waals surface area contributed by atoms with Gasteiger partial charge < -0.3 is 4.74 Å². The van der Waals surface area contributed by atoms with Crippen molar-refractivity contribution < 1.29 is 4.74 Å². The first-order chi connectivity index (χ1) is 6.43. The average Bonchev–Trinajstić information content (AvgIpc) is 2.19. The monoisotopic (exact) mass is 181 g/mol. The van der Waals surface area contributed by atoms with Crippen molar-refractivity contribution in [3.05, 3.63) is 12.3 Å². The summed E-state index contributed by atoms with van der Waals surface area (Å²) in [4.78, 5) is 0. The molecular weight excluding hydrogens is 166 g/mol. The lowest BCUT2D eigenvalue weighted by atomic mass is 10.2. The van der Waals surface area contributed by atoms with E-state index in [2.05, 4.69) is 22.3 Å². The standard InChI is InChI=1S/C9H15N3O/c1-2-3-4-5-8-13-9-6-7-10-12-11-9/h6-7H,2-5,8H2,1H3. The van der Waals surface area contributed by atoms with E-state index in [4.69, 9.17) is 4.74 Å². The van der Waals surface area contributed by atoms with Crippen LogP contribution in [0.2, 0.25) is 0 Å². The topological polar surface area (TPSA) is 47.9 Å². The summed E-state index contributed by atoms with van der Waals surface area (Å²) in [5.41, 5.74) is 0. The second-order valence-corrected chi connectivity index (χ2v) is 2.87. The summed E-state index contributed by atoms with van der Waals surface area (Å²) in [5, 5.41) is 10.7. The maximum Gasteiger partial charge on any atom is 0.236 e. The minimum atomic E-state index is 0.562. The molecule has 0 aliphatic heterocycles. The predicted octanol–water partition coefficient (Wildman–Crippen LogP) is 1.83. The van der Waals surface area contributed by atoms with Crippen LogP contribution in [0, 0.1) is 0 Å². The Morgan fingerprint density at radius 1 is 1.31 bits per heavy atom. The Morgan fingerprint density at radius 3 is 2.92 bits per heavy atom. The summed E-state index contributed by atoms with van der Waals surface area (Å²) < 4.78 is 5.34. The van der Waals surface area contributed by atoms with Crippen molar-refractivity contribution in [2.45, 2.75) is 32.6 Å². The van der Waals surface area contributed by atoms with Crippen LogP contribution in [0.4, 0.5) is 0 Å². The molecule has 4 heteroatoms. The lowest BCUT2D eigenvalue weighted by Gasteiger charge is -2.02. The number of hydrogen-bond acceptors (Lipinski definition) is 4. The van der Waals surface area contributed by atoms with E-state index >= 15 is 0 Å². The Morgan fingerprint density at radius 2 is 2.23 bits per heavy atom. The summed E-state index contributed by atoms with van der Waals surface area (Å²) in [5.74, 6) is 0.562. The normalized spacial score (nSPS) is 9.92. The summed E-state index contributed by atoms with van der Waals surface area (Å²) in [6.07, 6.45) is 6.39. The zero-order valence-corrected chi connectivity index (χ0v) is 7.94. The van der Waals surface area contributed by atoms with Crippen LogP contribution in [0.5, 0.6) is 5.88 Å². The summed E-state index contributed by atoms with van der Waals surface area (Å²) in [7, 11) is 0. The van der Waals surface area contributed by atoms with E-state index in [0.717, 1.165) is 13.0 Å². The molecule has 0 aliphatic rings. The Hall–Kier alpha value is -1.19. The number of unbranched alkanes of at least 4 members (excludes halogenated alkanes) is 3. The van der Waals surface area contributed by atoms with Crippen molar-refractivity contribution in [3.63, 3.8) is 0 Å². The van der Waals surface area contributed by atoms with Gasteiger partial charge in [-0.2, -0.15) is 0 Å². The van der Waals surface area contributed by atoms with Crippen LogP contribution in [0.3, 0.4) is 0 Å². The summed E-state index contributed by atoms with van der Waals surface area (Å²) in [6, 6.07) is 1.72. The fourth-order valence-electron chi connectivity index (χ4n) is 1.01. The molecule has 0 amide bonds. The van der Waals surface area contributed by atoms with Gasteiger partial charge in [0.15, 0.2) is 0 Å². The largest absolute Gasteiger partial charge is 0.477 e. The van der Waals surface area contributed by atoms with Crippen LogP contribution in [0.1, 0.15) is 32.6 Å². The van der Waals surface area contributed by atoms with Gasteiger partial charge in [-0.15, -0.1) is 5.10 Å². The van der Waals surface area contributed by atoms with Gasteiger partial charge in [-0.1, -0.05) is 31.3 Å². The molecule has 1 heterocycles. The van der Waals surface area contributed by atoms with Crippen molar-refractivity contribution in [1.29, 1.82) is 0 Å². The first-order valence-corrected chi connectivity index (χ1v) is 4.70. The highest BCUT2D eigenvalue weighted by atomic mass is 16.5. The molecule has 1 aromatic heterocycles. The minimum Gasteiger partial charge on any atom is -0.477 e. The minimum absolute atomic E-state index is 0.562. The molecule has 0 saturated carbocycles. The third-order valence-corrected chi connectivity index (χ3v) is 1.73. The molecule has 0 bridgehead atoms. The highest BCUT2D eigenvalue weighted by Crippen LogP contribution is 2.03. The van der Waals surface area contributed by atoms with E-state index in [1.54, 1.807) is 12.3 Å². The third kappa shape index (κ3) is 4.40. The number of nitrogens with zero attached hydrogens (tertiary/aromatic N) is 3. The molecule has 0 saturated heterocycles. The lowest BCUT2D eigenvalue weighted by molar-refractivity contribution is 0.289. The van der Waals surface area contributed by atoms with Crippen molar-refractivity contribution >= 4 is 0 Å². The van der Waals surface area contributed by atoms with Crippen LogP contribution in [-0.4, -0.2) is 22.0 Å². The van der Waals surface area contributed by atoms with Crippen LogP contribution in [0.15, 0.2) is 12.3 Å². The van der Waals surface area contributed by atoms with Crippen molar-refractivity contribution in [2.75, 3.05) is 6.61 Å². The molecular formula is C9H15N3O. The molecule has 0 aromatic carbocycles. The van der Waals surface area contributed by atoms with Crippen LogP contribution in [-0.2, 0) is 0 Å². The molecule has 0 radical (unpaired) electrons. The number of ether oxygens (including phenoxy) is 1. The fraction of sp³-hybridized carbons (Fsp3) is 0.667. The van der Waals surface area contributed by atoms with E-state index in [1.165, 1.54) is 19.3 Å². The molecule has 0 atom stereocenters. The number of aromatic nitrogens is 3. The van der Waals surface area contributed by atoms with Crippen molar-refractivity contribution in [3.8, 4) is 5.88 Å². The van der Waals surface area contributed by atoms with Crippen LogP contribution >= 0.6 is 0 Å². The van der Waals surface area contributed by atoms with Crippen molar-refractivity contribution in [2.24, 2.45) is 0 Å². The predicted molar refractivity (Wildman–Crippen MR) is 49.5 cm³/mol. The number of hydrogen-bond donors (Lipinski definition) is 0. The van der Waals surface area contributed by atoms with Crippen molar-refractivity contribution in [1.82, 2.24) is 15.4 Å². The molecule has 72 valence electrons. The Kier molecular flexibility index (Phi) is 4.83. The average molecular weight is 181 g/mol. The van der Waals surface area contributed by atoms with Gasteiger partial charge in [-0.25, -0.2) is 0 Å². The maximum absolute atomic E-state index is 5.34. The molecule has 13 heavy (non-hydrogen) atoms. The Balaban J connectivity index is 2.07. The fourth-order valence-corrected chi connectivity index (χ4v) is 1.01. The second kappa shape index (κ2) is 6.34. The van der Waals surface area contributed by atoms with E-state index in [1.807, 2.05) is 0 Å². The highest BCUT2D eigenvalue weighted by Gasteiger charge is 1.93. The lowest BCUT2D eigenvalue weighted by Crippen LogP contribution is -2.00. The van der Waals surface area contributed by atoms with Gasteiger partial charge in [0.1, 0.15) is 0 Å². The smallest absolute Gasteiger partial charge is 0.236 e. The van der Waals surface area contributed by atoms with Gasteiger partial charge in [0, 0.05) is 6.07 Å². The number of rotatable bonds is 6. The van der Waals surface area contributed by atoms with E-state index in [-0.39, 0.29) is 0 Å². The second-order valence-electron chi connectivity index (χ2n) is 2.87. The molecule has 1 aromatic rings. The van der Waals surface area contributed by atoms with E-state index < -0.39 is 0 Å². The Labute approximate surface area is 78.3 Å². The highest BCUT2D eigenvalue weighted by molar-refractivity contribution is 5.01. The molecule has 4 nitrogen and oxygen atoms in total. The van der Waals surface area contributed by atoms with Gasteiger partial charge in [-0.3, -0.25) is 0 Å². The zero-order chi connectivity index (χ0) is 9.36. The van der Waals surface area contributed by atoms with Crippen LogP contribution in [0.25, 0.3) is 0 Å². The van der Waals surface area contributed by atoms with Gasteiger partial charge in [0.05, 0.1) is 12.8 Å². The molecule has 0 fully saturated rings. The first-order valence-electron chi connectivity index (χ1n) is 4.70. The quantitative estimate of drug-likeness (QED) is 0.628. The first kappa shape index (κ1) is 9.89. The third-order valence-electron chi connectivity index (χ3n) is 1.73. The van der Waals surface area contributed by atoms with Gasteiger partial charge in [-0.05, 0) is 11.6 Å². The Bertz CT molecular complexity index is 215. The zero-order valence-electron chi connectivity index (χ0n) is 7.94. The van der Waals surface area contributed by atoms with Gasteiger partial charge in [0.2, 0.25) is 5.88 Å². The van der Waals surface area contributed by atoms with Gasteiger partial charge in [0.25, 0.3) is 0 Å². The molecule has 0 N–H and O–H groups in total. The molecule has 0 unspecified atom stereocenters. The van der Waals surface area contributed by atoms with Gasteiger partial charge >= 0.3 is 0 Å². The summed E-state index contributed by atoms with van der Waals surface area (Å²) >= 11 is 0. The SMILES string of the molecule is CCCCCCOc1ccnnn1. The molecule has 0 aliphatic carbocycles. The summed E-state index contributed by atoms with van der Waals surface area (Å²) in [6.45, 7) is 2.91. The maximum atomic E-state index is 5.34.